The van der Waals surface area contributed by atoms with Crippen LogP contribution in [0.4, 0.5) is 9.59 Å². The maximum absolute atomic E-state index is 13.8. The molecule has 34 heteroatoms. The summed E-state index contributed by atoms with van der Waals surface area (Å²) in [6, 6.07) is 10.9. The molecular formula is C96H158BN12O20P. The predicted octanol–water partition coefficient (Wildman–Crippen LogP) is 12.9. The van der Waals surface area contributed by atoms with Crippen LogP contribution >= 0.6 is 7.80 Å². The van der Waals surface area contributed by atoms with Gasteiger partial charge in [-0.25, -0.2) is 19.2 Å². The molecule has 0 radical (unpaired) electrons. The Bertz CT molecular complexity index is 4090. The predicted molar refractivity (Wildman–Crippen MR) is 504 cm³/mol. The van der Waals surface area contributed by atoms with Crippen molar-refractivity contribution in [1.29, 1.82) is 0 Å². The van der Waals surface area contributed by atoms with E-state index in [1.54, 1.807) is 111 Å². The molecule has 0 saturated carbocycles. The molecule has 0 bridgehead atoms. The van der Waals surface area contributed by atoms with Gasteiger partial charge in [0.05, 0.1) is 7.11 Å². The number of hydrogen-bond acceptors (Lipinski definition) is 24. The third-order valence-electron chi connectivity index (χ3n) is 20.1. The number of rotatable bonds is 57. The van der Waals surface area contributed by atoms with E-state index in [-0.39, 0.29) is 143 Å². The van der Waals surface area contributed by atoms with Crippen LogP contribution < -0.4 is 57.3 Å². The number of carbonyl (C=O) groups excluding carboxylic acids is 12. The van der Waals surface area contributed by atoms with Gasteiger partial charge in [0, 0.05) is 63.8 Å². The zero-order chi connectivity index (χ0) is 97.8. The van der Waals surface area contributed by atoms with Crippen LogP contribution in [0.1, 0.15) is 309 Å². The molecule has 8 N–H and O–H groups in total. The summed E-state index contributed by atoms with van der Waals surface area (Å²) in [6.45, 7) is 44.9. The fourth-order valence-corrected chi connectivity index (χ4v) is 14.5. The Morgan fingerprint density at radius 1 is 0.415 bits per heavy atom. The largest absolute Gasteiger partial charge is 0.0519 e. The molecule has 0 aliphatic carbocycles. The normalized spacial score (nSPS) is 13.2. The number of ether oxygens (including phenoxy) is 7. The number of hydrogen-bond donors (Lipinski definition) is 8. The van der Waals surface area contributed by atoms with Crippen LogP contribution in [0.2, 0.25) is 0 Å². The fraction of sp³-hybridized carbons (Fsp3) is 0.708. The van der Waals surface area contributed by atoms with E-state index in [0.717, 1.165) is 12.4 Å². The Kier molecular flexibility index (Phi) is 50.0. The smallest absolute Gasteiger partial charge is 0.0196 e. The molecule has 3 rings (SSSR count). The number of nitrogens with zero attached hydrogens (tertiary/aromatic N) is 4. The van der Waals surface area contributed by atoms with Crippen molar-refractivity contribution in [3.63, 3.8) is 0 Å². The number of aryl methyl sites for hydroxylation is 2. The van der Waals surface area contributed by atoms with E-state index >= 15 is 0 Å². The number of carbonyl (C=O) groups is 12. The van der Waals surface area contributed by atoms with Crippen LogP contribution in [0.15, 0.2) is 48.5 Å². The fourth-order valence-electron chi connectivity index (χ4n) is 13.6. The Morgan fingerprint density at radius 2 is 0.792 bits per heavy atom. The number of ketones is 1. The minimum Gasteiger partial charge on any atom is -0.0519 e. The number of aromatic nitrogens is 2. The van der Waals surface area contributed by atoms with Crippen molar-refractivity contribution < 1.29 is 95.4 Å². The number of unbranched alkanes of at least 4 members (excludes halogenated alkanes) is 6. The second kappa shape index (κ2) is 56.6. The monoisotopic (exact) mass is 1840 g/mol. The first-order chi connectivity index (χ1) is 60.5. The van der Waals surface area contributed by atoms with E-state index in [0.29, 0.717) is 162 Å². The molecule has 0 aliphatic rings. The van der Waals surface area contributed by atoms with E-state index in [2.05, 4.69) is 42.5 Å². The minimum absolute atomic E-state index is 0.00654. The van der Waals surface area contributed by atoms with Crippen LogP contribution in [-0.2, 0) is 109 Å². The molecule has 0 spiro atoms. The van der Waals surface area contributed by atoms with Crippen molar-refractivity contribution in [1.82, 2.24) is 62.3 Å². The topological polar surface area (TPSA) is 415 Å². The molecule has 32 nitrogen and oxygen atoms in total. The second-order valence-corrected chi connectivity index (χ2v) is 42.5. The average molecular weight is 1840 g/mol. The molecule has 0 saturated heterocycles. The van der Waals surface area contributed by atoms with Crippen LogP contribution in [0.3, 0.4) is 0 Å². The van der Waals surface area contributed by atoms with E-state index in [9.17, 15) is 62.2 Å². The van der Waals surface area contributed by atoms with Gasteiger partial charge in [-0.2, -0.15) is 0 Å². The minimum atomic E-state index is -1.34. The van der Waals surface area contributed by atoms with Crippen LogP contribution in [0.25, 0.3) is 0 Å². The van der Waals surface area contributed by atoms with Gasteiger partial charge < -0.3 is 60.9 Å². The van der Waals surface area contributed by atoms with Gasteiger partial charge >= 0.3 is 285 Å². The van der Waals surface area contributed by atoms with Gasteiger partial charge in [0.2, 0.25) is 17.7 Å². The van der Waals surface area contributed by atoms with Gasteiger partial charge in [-0.1, -0.05) is 60.1 Å². The summed E-state index contributed by atoms with van der Waals surface area (Å²) in [6.07, 6.45) is 9.16. The first-order valence-electron chi connectivity index (χ1n) is 46.1. The quantitative estimate of drug-likeness (QED) is 0.00855. The molecule has 2 aromatic heterocycles. The third kappa shape index (κ3) is 53.3. The number of urea groups is 2. The summed E-state index contributed by atoms with van der Waals surface area (Å²) in [5.41, 5.74) is -1.40. The van der Waals surface area contributed by atoms with Crippen molar-refractivity contribution in [2.24, 2.45) is 10.8 Å². The molecule has 3 aromatic rings. The molecule has 130 heavy (non-hydrogen) atoms. The van der Waals surface area contributed by atoms with Gasteiger partial charge in [0.15, 0.2) is 0 Å². The number of pyridine rings is 2. The third-order valence-corrected chi connectivity index (χ3v) is 21.6. The number of Topliss-reactive ketones (excluding diaryl/α,β-unsaturated/α-hetero) is 1. The summed E-state index contributed by atoms with van der Waals surface area (Å²) < 4.78 is 52.2. The van der Waals surface area contributed by atoms with Crippen LogP contribution in [0.5, 0.6) is 11.5 Å². The van der Waals surface area contributed by atoms with Crippen molar-refractivity contribution in [3.05, 3.63) is 76.9 Å². The van der Waals surface area contributed by atoms with Crippen LogP contribution in [-0.4, -0.2) is 216 Å². The number of amides is 8. The van der Waals surface area contributed by atoms with Crippen molar-refractivity contribution >= 4 is 91.3 Å². The summed E-state index contributed by atoms with van der Waals surface area (Å²) in [4.78, 5) is 172. The van der Waals surface area contributed by atoms with Crippen molar-refractivity contribution in [2.75, 3.05) is 66.1 Å². The van der Waals surface area contributed by atoms with E-state index in [4.69, 9.17) is 43.1 Å². The molecule has 0 aliphatic heterocycles. The number of methoxy groups -OCH3 is 1. The summed E-state index contributed by atoms with van der Waals surface area (Å²) in [5.74, 6) is -2.30. The Morgan fingerprint density at radius 3 is 1.18 bits per heavy atom. The number of nitrogens with one attached hydrogen (secondary N) is 8. The standard InChI is InChI=1S/C96H158BN12O20P/c1-66(110)61-108(62-73-75(124-65-67-39-45-70(123-23)46-40-67)49-41-68(102-73)43-51-81(113)100-55-31-25-27-37-79(111)98-57-33-29-35-77(90(2,3)4)106-88(120)104-71(86(118)128-95(17,18)19)47-53-83(115)125-92(8,9)10)59-60-109(64-85(117)127-94(14,15)16)63-74-76(130(24)97-122)50-42-69(103-74)44-52-82(114)101-56-32-26-28-38-80(112)99-58-34-30-36-78(91(5,6)7)107-89(121)105-72(87(119)129-96(20,21)22)48-54-84(116)126-93(11,12)13/h39-42,45-46,49-50,71-72,77-78H,25-38,43-44,47-48,51-65H2,1-24H3,(H,98,111)(H,99,112)(H,100,113)(H,101,114)(H2,104,106,120)(H2,105,107,121)/t71-,72-,77-,78-,130?/m0/s1. The average Bonchev–Trinajstić information content (AvgIpc) is 0.822. The molecule has 1 unspecified atom stereocenters. The number of esters is 5. The maximum Gasteiger partial charge on any atom is -0.0196 e. The van der Waals surface area contributed by atoms with Crippen LogP contribution in [0, 0.1) is 10.8 Å². The summed E-state index contributed by atoms with van der Waals surface area (Å²) in [5, 5.41) is 24.2. The van der Waals surface area contributed by atoms with Crippen molar-refractivity contribution in [3.8, 4) is 11.5 Å². The summed E-state index contributed by atoms with van der Waals surface area (Å²) >= 11 is 0. The Hall–Kier alpha value is -9.23. The molecule has 1 aromatic carbocycles. The van der Waals surface area contributed by atoms with E-state index < -0.39 is 89.8 Å². The van der Waals surface area contributed by atoms with Gasteiger partial charge in [0.25, 0.3) is 0 Å². The van der Waals surface area contributed by atoms with E-state index in [1.807, 2.05) is 107 Å². The Balaban J connectivity index is 1.61. The summed E-state index contributed by atoms with van der Waals surface area (Å²) in [7, 11) is 0.254. The van der Waals surface area contributed by atoms with Gasteiger partial charge in [-0.3, -0.25) is 24.0 Å². The molecule has 8 amide bonds. The SMILES string of the molecule is COc1ccc(COc2ccc(CCC(=O)NCCCCCC(=O)NCCCC[C@H](NC(=O)N[C@@H](CCC(=O)OC(C)(C)C)C(=O)OC(C)(C)C)C(C)(C)C)nc2CN(CCN(CC(=O)OC(C)(C)C)Cc2nc(CCC(=O)NCCCCCC(=O)NCCCC[C@H](NC(=O)N[C@@H](CCC(=O)OC(C)(C)C)C(=O)OC(C)(C)C)C(C)(C)C)ccc2P(C)B=O)CC(C)=O)cc1. The van der Waals surface area contributed by atoms with Gasteiger partial charge in [0.1, 0.15) is 46.8 Å². The first-order valence-corrected chi connectivity index (χ1v) is 48.0. The van der Waals surface area contributed by atoms with Gasteiger partial charge in [-0.15, -0.1) is 0 Å². The molecule has 0 fully saturated rings. The second-order valence-electron chi connectivity index (χ2n) is 40.6. The maximum atomic E-state index is 13.8. The Labute approximate surface area is 775 Å². The molecule has 5 atom stereocenters. The molecule has 730 valence electrons. The first kappa shape index (κ1) is 115. The van der Waals surface area contributed by atoms with Crippen molar-refractivity contribution in [2.45, 2.75) is 365 Å². The molecule has 2 heterocycles. The zero-order valence-electron chi connectivity index (χ0n) is 82.7. The van der Waals surface area contributed by atoms with Gasteiger partial charge in [-0.05, 0) is 195 Å². The zero-order valence-corrected chi connectivity index (χ0v) is 83.6. The molecular weight excluding hydrogens is 1680 g/mol. The van der Waals surface area contributed by atoms with E-state index in [1.165, 1.54) is 6.92 Å². The number of benzene rings is 1.